The van der Waals surface area contributed by atoms with Crippen molar-refractivity contribution in [1.82, 2.24) is 10.6 Å². The van der Waals surface area contributed by atoms with E-state index in [1.54, 1.807) is 0 Å². The first kappa shape index (κ1) is 22.5. The van der Waals surface area contributed by atoms with Crippen LogP contribution in [0.3, 0.4) is 0 Å². The first-order valence-electron chi connectivity index (χ1n) is 9.52. The molecule has 0 saturated heterocycles. The van der Waals surface area contributed by atoms with E-state index in [-0.39, 0.29) is 12.2 Å². The zero-order valence-corrected chi connectivity index (χ0v) is 15.5. The van der Waals surface area contributed by atoms with Crippen molar-refractivity contribution in [2.24, 2.45) is 0 Å². The van der Waals surface area contributed by atoms with Crippen molar-refractivity contribution in [3.63, 3.8) is 0 Å². The molecule has 142 valence electrons. The van der Waals surface area contributed by atoms with Crippen LogP contribution in [-0.4, -0.2) is 38.5 Å². The number of carbonyl (C=O) groups is 2. The van der Waals surface area contributed by atoms with Gasteiger partial charge in [-0.25, -0.2) is 9.59 Å². The van der Waals surface area contributed by atoms with Gasteiger partial charge in [-0.3, -0.25) is 0 Å². The van der Waals surface area contributed by atoms with Crippen LogP contribution in [0.1, 0.15) is 78.1 Å². The molecule has 2 N–H and O–H groups in total. The van der Waals surface area contributed by atoms with E-state index in [1.165, 1.54) is 0 Å². The Morgan fingerprint density at radius 1 is 0.625 bits per heavy atom. The maximum atomic E-state index is 11.3. The predicted octanol–water partition coefficient (Wildman–Crippen LogP) is 4.38. The first-order valence-corrected chi connectivity index (χ1v) is 9.52. The molecule has 0 bridgehead atoms. The standard InChI is InChI=1S/C18H36N2O4/c1-3-5-15-23-17(21)19-13-11-9-7-8-10-12-14-20-18(22)24-16-6-4-2/h3-16H2,1-2H3,(H,19,21)(H,20,22). The Labute approximate surface area is 147 Å². The molecule has 0 fully saturated rings. The van der Waals surface area contributed by atoms with Crippen LogP contribution >= 0.6 is 0 Å². The molecule has 2 amide bonds. The molecule has 0 rings (SSSR count). The highest BCUT2D eigenvalue weighted by molar-refractivity contribution is 5.67. The molecule has 0 aliphatic rings. The smallest absolute Gasteiger partial charge is 0.407 e. The van der Waals surface area contributed by atoms with Gasteiger partial charge in [0.15, 0.2) is 0 Å². The van der Waals surface area contributed by atoms with E-state index in [0.29, 0.717) is 26.3 Å². The molecular weight excluding hydrogens is 308 g/mol. The van der Waals surface area contributed by atoms with E-state index in [9.17, 15) is 9.59 Å². The molecule has 6 heteroatoms. The van der Waals surface area contributed by atoms with Crippen LogP contribution in [-0.2, 0) is 9.47 Å². The van der Waals surface area contributed by atoms with E-state index in [4.69, 9.17) is 9.47 Å². The van der Waals surface area contributed by atoms with Gasteiger partial charge in [-0.2, -0.15) is 0 Å². The SMILES string of the molecule is CCCCOC(=O)NCCCCCCCCNC(=O)OCCCC. The number of alkyl carbamates (subject to hydrolysis) is 2. The van der Waals surface area contributed by atoms with Crippen molar-refractivity contribution in [3.05, 3.63) is 0 Å². The third kappa shape index (κ3) is 16.9. The average molecular weight is 344 g/mol. The van der Waals surface area contributed by atoms with Gasteiger partial charge in [-0.1, -0.05) is 52.4 Å². The largest absolute Gasteiger partial charge is 0.450 e. The fourth-order valence-electron chi connectivity index (χ4n) is 2.06. The summed E-state index contributed by atoms with van der Waals surface area (Å²) in [4.78, 5) is 22.6. The minimum Gasteiger partial charge on any atom is -0.450 e. The van der Waals surface area contributed by atoms with Crippen LogP contribution in [0, 0.1) is 0 Å². The molecular formula is C18H36N2O4. The molecule has 24 heavy (non-hydrogen) atoms. The number of unbranched alkanes of at least 4 members (excludes halogenated alkanes) is 7. The van der Waals surface area contributed by atoms with E-state index in [0.717, 1.165) is 64.2 Å². The van der Waals surface area contributed by atoms with Gasteiger partial charge in [-0.15, -0.1) is 0 Å². The molecule has 0 unspecified atom stereocenters. The first-order chi connectivity index (χ1) is 11.7. The summed E-state index contributed by atoms with van der Waals surface area (Å²) in [5, 5.41) is 5.53. The van der Waals surface area contributed by atoms with Crippen molar-refractivity contribution >= 4 is 12.2 Å². The zero-order chi connectivity index (χ0) is 17.9. The molecule has 0 atom stereocenters. The molecule has 0 radical (unpaired) electrons. The molecule has 0 heterocycles. The van der Waals surface area contributed by atoms with Crippen molar-refractivity contribution in [3.8, 4) is 0 Å². The molecule has 0 aromatic carbocycles. The highest BCUT2D eigenvalue weighted by Gasteiger charge is 2.01. The number of rotatable bonds is 15. The molecule has 0 aromatic heterocycles. The van der Waals surface area contributed by atoms with Crippen LogP contribution in [0.4, 0.5) is 9.59 Å². The molecule has 0 saturated carbocycles. The lowest BCUT2D eigenvalue weighted by molar-refractivity contribution is 0.143. The Hall–Kier alpha value is -1.46. The van der Waals surface area contributed by atoms with E-state index < -0.39 is 0 Å². The maximum Gasteiger partial charge on any atom is 0.407 e. The predicted molar refractivity (Wildman–Crippen MR) is 96.2 cm³/mol. The second-order valence-electron chi connectivity index (χ2n) is 5.95. The third-order valence-electron chi connectivity index (χ3n) is 3.60. The van der Waals surface area contributed by atoms with Gasteiger partial charge in [0.25, 0.3) is 0 Å². The van der Waals surface area contributed by atoms with Gasteiger partial charge in [-0.05, 0) is 25.7 Å². The molecule has 0 aromatic rings. The van der Waals surface area contributed by atoms with Crippen LogP contribution in [0.25, 0.3) is 0 Å². The maximum absolute atomic E-state index is 11.3. The van der Waals surface area contributed by atoms with Gasteiger partial charge in [0.2, 0.25) is 0 Å². The minimum atomic E-state index is -0.305. The van der Waals surface area contributed by atoms with Crippen molar-refractivity contribution < 1.29 is 19.1 Å². The number of ether oxygens (including phenoxy) is 2. The van der Waals surface area contributed by atoms with Gasteiger partial charge in [0, 0.05) is 13.1 Å². The Kier molecular flexibility index (Phi) is 16.8. The minimum absolute atomic E-state index is 0.305. The van der Waals surface area contributed by atoms with E-state index in [1.807, 2.05) is 0 Å². The summed E-state index contributed by atoms with van der Waals surface area (Å²) in [5.74, 6) is 0. The second-order valence-corrected chi connectivity index (χ2v) is 5.95. The van der Waals surface area contributed by atoms with Gasteiger partial charge in [0.05, 0.1) is 13.2 Å². The lowest BCUT2D eigenvalue weighted by Gasteiger charge is -2.07. The van der Waals surface area contributed by atoms with E-state index in [2.05, 4.69) is 24.5 Å². The Morgan fingerprint density at radius 2 is 1.00 bits per heavy atom. The van der Waals surface area contributed by atoms with Gasteiger partial charge in [0.1, 0.15) is 0 Å². The highest BCUT2D eigenvalue weighted by Crippen LogP contribution is 2.04. The Bertz CT molecular complexity index is 281. The zero-order valence-electron chi connectivity index (χ0n) is 15.5. The topological polar surface area (TPSA) is 76.7 Å². The lowest BCUT2D eigenvalue weighted by atomic mass is 10.1. The van der Waals surface area contributed by atoms with Gasteiger partial charge < -0.3 is 20.1 Å². The fraction of sp³-hybridized carbons (Fsp3) is 0.889. The van der Waals surface area contributed by atoms with Crippen molar-refractivity contribution in [2.75, 3.05) is 26.3 Å². The van der Waals surface area contributed by atoms with Crippen molar-refractivity contribution in [1.29, 1.82) is 0 Å². The van der Waals surface area contributed by atoms with Crippen molar-refractivity contribution in [2.45, 2.75) is 78.1 Å². The average Bonchev–Trinajstić information content (AvgIpc) is 2.57. The summed E-state index contributed by atoms with van der Waals surface area (Å²) >= 11 is 0. The molecule has 0 aliphatic carbocycles. The molecule has 6 nitrogen and oxygen atoms in total. The number of hydrogen-bond donors (Lipinski definition) is 2. The second kappa shape index (κ2) is 17.9. The van der Waals surface area contributed by atoms with Gasteiger partial charge >= 0.3 is 12.2 Å². The van der Waals surface area contributed by atoms with E-state index >= 15 is 0 Å². The normalized spacial score (nSPS) is 10.2. The summed E-state index contributed by atoms with van der Waals surface area (Å²) in [7, 11) is 0. The summed E-state index contributed by atoms with van der Waals surface area (Å²) < 4.78 is 10.0. The van der Waals surface area contributed by atoms with Crippen LogP contribution in [0.15, 0.2) is 0 Å². The summed E-state index contributed by atoms with van der Waals surface area (Å²) in [5.41, 5.74) is 0. The number of hydrogen-bond acceptors (Lipinski definition) is 4. The summed E-state index contributed by atoms with van der Waals surface area (Å²) in [6.07, 6.45) is 9.73. The molecule has 0 aliphatic heterocycles. The highest BCUT2D eigenvalue weighted by atomic mass is 16.6. The van der Waals surface area contributed by atoms with Crippen LogP contribution in [0.5, 0.6) is 0 Å². The summed E-state index contributed by atoms with van der Waals surface area (Å²) in [6.45, 7) is 6.49. The van der Waals surface area contributed by atoms with Crippen LogP contribution < -0.4 is 10.6 Å². The third-order valence-corrected chi connectivity index (χ3v) is 3.60. The summed E-state index contributed by atoms with van der Waals surface area (Å²) in [6, 6.07) is 0. The number of nitrogens with one attached hydrogen (secondary N) is 2. The Balaban J connectivity index is 3.20. The number of amides is 2. The fourth-order valence-corrected chi connectivity index (χ4v) is 2.06. The Morgan fingerprint density at radius 3 is 1.38 bits per heavy atom. The quantitative estimate of drug-likeness (QED) is 0.432. The lowest BCUT2D eigenvalue weighted by Crippen LogP contribution is -2.25. The number of carbonyl (C=O) groups excluding carboxylic acids is 2. The van der Waals surface area contributed by atoms with Crippen LogP contribution in [0.2, 0.25) is 0 Å². The monoisotopic (exact) mass is 344 g/mol. The molecule has 0 spiro atoms.